The van der Waals surface area contributed by atoms with Crippen molar-refractivity contribution >= 4 is 11.8 Å². The average Bonchev–Trinajstić information content (AvgIpc) is 3.29. The van der Waals surface area contributed by atoms with Crippen LogP contribution in [0.5, 0.6) is 0 Å². The van der Waals surface area contributed by atoms with Gasteiger partial charge in [0.2, 0.25) is 0 Å². The number of ether oxygens (including phenoxy) is 1. The van der Waals surface area contributed by atoms with Gasteiger partial charge in [0.15, 0.2) is 11.6 Å². The van der Waals surface area contributed by atoms with Crippen LogP contribution >= 0.6 is 0 Å². The number of carboxylic acid groups (broad SMARTS) is 1. The molecule has 9 nitrogen and oxygen atoms in total. The third-order valence-electron chi connectivity index (χ3n) is 5.47. The van der Waals surface area contributed by atoms with E-state index in [0.717, 1.165) is 42.9 Å². The number of carbonyl (C=O) groups is 1. The van der Waals surface area contributed by atoms with Gasteiger partial charge in [0.05, 0.1) is 18.1 Å². The van der Waals surface area contributed by atoms with Gasteiger partial charge in [-0.1, -0.05) is 0 Å². The first-order valence-corrected chi connectivity index (χ1v) is 10.3. The molecular weight excluding hydrogens is 396 g/mol. The van der Waals surface area contributed by atoms with E-state index in [2.05, 4.69) is 30.0 Å². The molecule has 0 amide bonds. The zero-order chi connectivity index (χ0) is 21.8. The molecule has 3 aromatic rings. The summed E-state index contributed by atoms with van der Waals surface area (Å²) in [7, 11) is 0. The van der Waals surface area contributed by atoms with Crippen LogP contribution in [0.3, 0.4) is 0 Å². The zero-order valence-electron chi connectivity index (χ0n) is 17.7. The molecule has 2 N–H and O–H groups in total. The number of aromatic nitrogens is 5. The maximum absolute atomic E-state index is 11.2. The van der Waals surface area contributed by atoms with Gasteiger partial charge >= 0.3 is 5.97 Å². The monoisotopic (exact) mass is 422 g/mol. The van der Waals surface area contributed by atoms with Crippen molar-refractivity contribution in [1.82, 2.24) is 25.1 Å². The van der Waals surface area contributed by atoms with E-state index in [0.29, 0.717) is 11.6 Å². The molecule has 0 aliphatic carbocycles. The van der Waals surface area contributed by atoms with Gasteiger partial charge in [0, 0.05) is 42.8 Å². The summed E-state index contributed by atoms with van der Waals surface area (Å²) in [6, 6.07) is 7.70. The number of aliphatic carboxylic acids is 1. The number of piperidine rings is 1. The molecular formula is C22H26N6O3. The maximum Gasteiger partial charge on any atom is 0.311 e. The summed E-state index contributed by atoms with van der Waals surface area (Å²) in [5, 5.41) is 16.5. The lowest BCUT2D eigenvalue weighted by Gasteiger charge is -2.34. The molecule has 4 rings (SSSR count). The molecule has 0 aromatic carbocycles. The predicted molar refractivity (Wildman–Crippen MR) is 115 cm³/mol. The van der Waals surface area contributed by atoms with Gasteiger partial charge in [0.1, 0.15) is 5.82 Å². The Morgan fingerprint density at radius 1 is 1.19 bits per heavy atom. The van der Waals surface area contributed by atoms with Crippen molar-refractivity contribution in [3.63, 3.8) is 0 Å². The molecule has 4 heterocycles. The number of pyridine rings is 2. The molecule has 1 aliphatic heterocycles. The first-order valence-electron chi connectivity index (χ1n) is 10.3. The highest BCUT2D eigenvalue weighted by atomic mass is 16.5. The van der Waals surface area contributed by atoms with Crippen molar-refractivity contribution in [2.24, 2.45) is 5.41 Å². The minimum absolute atomic E-state index is 0.0778. The molecule has 31 heavy (non-hydrogen) atoms. The van der Waals surface area contributed by atoms with Crippen molar-refractivity contribution < 1.29 is 14.6 Å². The van der Waals surface area contributed by atoms with Gasteiger partial charge in [-0.25, -0.2) is 9.97 Å². The van der Waals surface area contributed by atoms with Crippen molar-refractivity contribution in [2.75, 3.05) is 24.6 Å². The lowest BCUT2D eigenvalue weighted by Crippen LogP contribution is -2.39. The number of carboxylic acids is 1. The van der Waals surface area contributed by atoms with E-state index >= 15 is 0 Å². The second-order valence-corrected chi connectivity index (χ2v) is 8.34. The molecule has 9 heteroatoms. The Morgan fingerprint density at radius 2 is 1.94 bits per heavy atom. The van der Waals surface area contributed by atoms with E-state index in [-0.39, 0.29) is 12.7 Å². The van der Waals surface area contributed by atoms with E-state index in [1.165, 1.54) is 0 Å². The van der Waals surface area contributed by atoms with Crippen LogP contribution in [0.4, 0.5) is 5.82 Å². The van der Waals surface area contributed by atoms with Crippen molar-refractivity contribution in [3.05, 3.63) is 42.9 Å². The number of anilines is 1. The van der Waals surface area contributed by atoms with Crippen LogP contribution < -0.4 is 4.90 Å². The lowest BCUT2D eigenvalue weighted by molar-refractivity contribution is -0.152. The molecule has 0 saturated carbocycles. The molecule has 1 aliphatic rings. The van der Waals surface area contributed by atoms with Crippen LogP contribution in [-0.4, -0.2) is 62.0 Å². The number of H-pyrrole nitrogens is 1. The summed E-state index contributed by atoms with van der Waals surface area (Å²) >= 11 is 0. The van der Waals surface area contributed by atoms with Gasteiger partial charge in [-0.15, -0.1) is 0 Å². The van der Waals surface area contributed by atoms with Gasteiger partial charge in [-0.2, -0.15) is 5.10 Å². The standard InChI is InChI=1S/C22H26N6O3/c1-22(2,21(29)30)14-31-17-7-11-28(12-8-17)18-4-3-16(13-24-18)20-25-19(26-27-20)15-5-9-23-10-6-15/h3-6,9-10,13,17H,7-8,11-12,14H2,1-2H3,(H,29,30)(H,25,26,27). The summed E-state index contributed by atoms with van der Waals surface area (Å²) in [6.45, 7) is 5.22. The van der Waals surface area contributed by atoms with Crippen LogP contribution in [0.25, 0.3) is 22.8 Å². The topological polar surface area (TPSA) is 117 Å². The van der Waals surface area contributed by atoms with E-state index in [4.69, 9.17) is 4.74 Å². The Balaban J connectivity index is 1.33. The van der Waals surface area contributed by atoms with Gasteiger partial charge < -0.3 is 14.7 Å². The van der Waals surface area contributed by atoms with Crippen LogP contribution in [0.15, 0.2) is 42.9 Å². The number of hydrogen-bond donors (Lipinski definition) is 2. The van der Waals surface area contributed by atoms with Gasteiger partial charge in [-0.3, -0.25) is 14.9 Å². The number of nitrogens with one attached hydrogen (secondary N) is 1. The third-order valence-corrected chi connectivity index (χ3v) is 5.47. The highest BCUT2D eigenvalue weighted by Gasteiger charge is 2.30. The highest BCUT2D eigenvalue weighted by molar-refractivity contribution is 5.73. The Hall–Kier alpha value is -3.33. The second kappa shape index (κ2) is 8.81. The van der Waals surface area contributed by atoms with Crippen molar-refractivity contribution in [3.8, 4) is 22.8 Å². The van der Waals surface area contributed by atoms with E-state index in [1.807, 2.05) is 24.3 Å². The van der Waals surface area contributed by atoms with E-state index in [1.54, 1.807) is 32.4 Å². The molecule has 1 saturated heterocycles. The molecule has 3 aromatic heterocycles. The largest absolute Gasteiger partial charge is 0.481 e. The SMILES string of the molecule is CC(C)(COC1CCN(c2ccc(-c3n[nH]c(-c4ccncc4)n3)cn2)CC1)C(=O)O. The molecule has 162 valence electrons. The fourth-order valence-corrected chi connectivity index (χ4v) is 3.37. The summed E-state index contributed by atoms with van der Waals surface area (Å²) < 4.78 is 5.86. The van der Waals surface area contributed by atoms with Gasteiger partial charge in [-0.05, 0) is 51.0 Å². The van der Waals surface area contributed by atoms with Crippen LogP contribution in [-0.2, 0) is 9.53 Å². The van der Waals surface area contributed by atoms with E-state index in [9.17, 15) is 9.90 Å². The Kier molecular flexibility index (Phi) is 5.94. The number of aromatic amines is 1. The number of rotatable bonds is 7. The quantitative estimate of drug-likeness (QED) is 0.597. The first-order chi connectivity index (χ1) is 14.9. The van der Waals surface area contributed by atoms with E-state index < -0.39 is 11.4 Å². The average molecular weight is 422 g/mol. The molecule has 0 unspecified atom stereocenters. The number of hydrogen-bond acceptors (Lipinski definition) is 7. The molecule has 0 bridgehead atoms. The third kappa shape index (κ3) is 4.88. The Labute approximate surface area is 180 Å². The fraction of sp³-hybridized carbons (Fsp3) is 0.409. The minimum atomic E-state index is -0.869. The summed E-state index contributed by atoms with van der Waals surface area (Å²) in [6.07, 6.45) is 6.98. The maximum atomic E-state index is 11.2. The molecule has 0 spiro atoms. The molecule has 0 atom stereocenters. The summed E-state index contributed by atoms with van der Waals surface area (Å²) in [5.74, 6) is 1.35. The number of nitrogens with zero attached hydrogens (tertiary/aromatic N) is 5. The van der Waals surface area contributed by atoms with Crippen LogP contribution in [0.2, 0.25) is 0 Å². The normalized spacial score (nSPS) is 15.2. The van der Waals surface area contributed by atoms with Gasteiger partial charge in [0.25, 0.3) is 0 Å². The summed E-state index contributed by atoms with van der Waals surface area (Å²) in [5.41, 5.74) is 0.899. The van der Waals surface area contributed by atoms with Crippen molar-refractivity contribution in [2.45, 2.75) is 32.8 Å². The lowest BCUT2D eigenvalue weighted by atomic mass is 9.95. The molecule has 1 fully saturated rings. The Bertz CT molecular complexity index is 1010. The summed E-state index contributed by atoms with van der Waals surface area (Å²) in [4.78, 5) is 26.6. The van der Waals surface area contributed by atoms with Crippen molar-refractivity contribution in [1.29, 1.82) is 0 Å². The highest BCUT2D eigenvalue weighted by Crippen LogP contribution is 2.25. The van der Waals surface area contributed by atoms with Crippen LogP contribution in [0, 0.1) is 5.41 Å². The first kappa shape index (κ1) is 20.9. The smallest absolute Gasteiger partial charge is 0.311 e. The minimum Gasteiger partial charge on any atom is -0.481 e. The zero-order valence-corrected chi connectivity index (χ0v) is 17.7. The van der Waals surface area contributed by atoms with Crippen LogP contribution in [0.1, 0.15) is 26.7 Å². The second-order valence-electron chi connectivity index (χ2n) is 8.34. The fourth-order valence-electron chi connectivity index (χ4n) is 3.37. The Morgan fingerprint density at radius 3 is 2.58 bits per heavy atom. The molecule has 0 radical (unpaired) electrons. The predicted octanol–water partition coefficient (Wildman–Crippen LogP) is 3.02.